The number of aromatic nitrogens is 1. The van der Waals surface area contributed by atoms with Gasteiger partial charge in [-0.25, -0.2) is 4.79 Å². The van der Waals surface area contributed by atoms with Gasteiger partial charge < -0.3 is 14.4 Å². The summed E-state index contributed by atoms with van der Waals surface area (Å²) in [6.07, 6.45) is 4.76. The van der Waals surface area contributed by atoms with E-state index in [1.54, 1.807) is 20.4 Å². The van der Waals surface area contributed by atoms with E-state index >= 15 is 0 Å². The fraction of sp³-hybridized carbons (Fsp3) is 0.538. The number of carbonyl (C=O) groups is 2. The minimum Gasteiger partial charge on any atom is -0.477 e. The van der Waals surface area contributed by atoms with Gasteiger partial charge in [0.2, 0.25) is 0 Å². The Morgan fingerprint density at radius 3 is 2.56 bits per heavy atom. The highest BCUT2D eigenvalue weighted by molar-refractivity contribution is 5.99. The topological polar surface area (TPSA) is 68.5 Å². The Balaban J connectivity index is 2.14. The molecule has 98 valence electrons. The van der Waals surface area contributed by atoms with E-state index in [-0.39, 0.29) is 17.1 Å². The van der Waals surface area contributed by atoms with Gasteiger partial charge in [-0.15, -0.1) is 0 Å². The number of hydrogen-bond donors (Lipinski definition) is 1. The number of nitrogens with zero attached hydrogens (tertiary/aromatic N) is 1. The molecular formula is C13H17NO4. The Morgan fingerprint density at radius 1 is 1.50 bits per heavy atom. The molecule has 1 aromatic rings. The number of aryl methyl sites for hydroxylation is 1. The summed E-state index contributed by atoms with van der Waals surface area (Å²) in [6, 6.07) is 1.42. The van der Waals surface area contributed by atoms with Crippen molar-refractivity contribution < 1.29 is 19.4 Å². The molecule has 0 amide bonds. The number of carbonyl (C=O) groups excluding carboxylic acids is 1. The van der Waals surface area contributed by atoms with Crippen molar-refractivity contribution in [3.63, 3.8) is 0 Å². The maximum absolute atomic E-state index is 12.1. The number of carboxylic acid groups (broad SMARTS) is 1. The fourth-order valence-electron chi connectivity index (χ4n) is 2.35. The zero-order valence-corrected chi connectivity index (χ0v) is 10.6. The van der Waals surface area contributed by atoms with Gasteiger partial charge in [-0.1, -0.05) is 0 Å². The number of carboxylic acids is 1. The lowest BCUT2D eigenvalue weighted by Gasteiger charge is -2.39. The van der Waals surface area contributed by atoms with E-state index < -0.39 is 5.97 Å². The summed E-state index contributed by atoms with van der Waals surface area (Å²) in [6.45, 7) is 0. The van der Waals surface area contributed by atoms with Gasteiger partial charge in [0, 0.05) is 32.3 Å². The Labute approximate surface area is 105 Å². The highest BCUT2D eigenvalue weighted by Gasteiger charge is 2.39. The smallest absolute Gasteiger partial charge is 0.352 e. The maximum Gasteiger partial charge on any atom is 0.352 e. The molecule has 0 aliphatic heterocycles. The molecule has 0 aromatic carbocycles. The Bertz CT molecular complexity index is 480. The van der Waals surface area contributed by atoms with Crippen molar-refractivity contribution >= 4 is 11.8 Å². The largest absolute Gasteiger partial charge is 0.477 e. The van der Waals surface area contributed by atoms with Crippen molar-refractivity contribution in [2.45, 2.75) is 31.3 Å². The maximum atomic E-state index is 12.1. The number of Topliss-reactive ketones (excluding diaryl/α,β-unsaturated/α-hetero) is 1. The van der Waals surface area contributed by atoms with Crippen LogP contribution in [0.3, 0.4) is 0 Å². The lowest BCUT2D eigenvalue weighted by molar-refractivity contribution is -0.0704. The van der Waals surface area contributed by atoms with E-state index in [1.807, 2.05) is 0 Å². The molecule has 0 unspecified atom stereocenters. The quantitative estimate of drug-likeness (QED) is 0.811. The van der Waals surface area contributed by atoms with Crippen molar-refractivity contribution in [2.75, 3.05) is 7.11 Å². The van der Waals surface area contributed by atoms with Crippen LogP contribution in [0, 0.1) is 0 Å². The Morgan fingerprint density at radius 2 is 2.17 bits per heavy atom. The van der Waals surface area contributed by atoms with Gasteiger partial charge in [-0.3, -0.25) is 4.79 Å². The van der Waals surface area contributed by atoms with Crippen LogP contribution < -0.4 is 0 Å². The number of ether oxygens (including phenoxy) is 1. The molecule has 5 nitrogen and oxygen atoms in total. The van der Waals surface area contributed by atoms with Crippen molar-refractivity contribution in [1.29, 1.82) is 0 Å². The average Bonchev–Trinajstić information content (AvgIpc) is 2.65. The second-order valence-electron chi connectivity index (χ2n) is 4.87. The monoisotopic (exact) mass is 251 g/mol. The molecule has 0 atom stereocenters. The third kappa shape index (κ3) is 2.18. The predicted octanol–water partition coefficient (Wildman–Crippen LogP) is 1.87. The van der Waals surface area contributed by atoms with Crippen LogP contribution in [0.2, 0.25) is 0 Å². The van der Waals surface area contributed by atoms with E-state index in [1.165, 1.54) is 10.6 Å². The van der Waals surface area contributed by atoms with E-state index in [0.717, 1.165) is 19.3 Å². The minimum atomic E-state index is -1.03. The van der Waals surface area contributed by atoms with Crippen LogP contribution in [0.4, 0.5) is 0 Å². The molecule has 0 bridgehead atoms. The van der Waals surface area contributed by atoms with Gasteiger partial charge in [0.1, 0.15) is 5.69 Å². The molecule has 1 aliphatic carbocycles. The molecule has 1 heterocycles. The molecule has 0 saturated heterocycles. The zero-order chi connectivity index (χ0) is 13.3. The van der Waals surface area contributed by atoms with Gasteiger partial charge in [-0.05, 0) is 25.3 Å². The molecule has 1 aliphatic rings. The van der Waals surface area contributed by atoms with Crippen molar-refractivity contribution in [3.05, 3.63) is 23.5 Å². The first-order chi connectivity index (χ1) is 8.47. The molecule has 2 rings (SSSR count). The van der Waals surface area contributed by atoms with Crippen LogP contribution in [0.25, 0.3) is 0 Å². The fourth-order valence-corrected chi connectivity index (χ4v) is 2.35. The molecule has 0 radical (unpaired) electrons. The first-order valence-corrected chi connectivity index (χ1v) is 5.95. The summed E-state index contributed by atoms with van der Waals surface area (Å²) < 4.78 is 6.86. The molecule has 1 N–H and O–H groups in total. The second-order valence-corrected chi connectivity index (χ2v) is 4.87. The van der Waals surface area contributed by atoms with E-state index in [0.29, 0.717) is 12.0 Å². The van der Waals surface area contributed by atoms with E-state index in [2.05, 4.69) is 0 Å². The summed E-state index contributed by atoms with van der Waals surface area (Å²) in [5.74, 6) is -1.08. The lowest BCUT2D eigenvalue weighted by atomic mass is 9.76. The number of methoxy groups -OCH3 is 1. The minimum absolute atomic E-state index is 0.0559. The molecule has 1 fully saturated rings. The third-order valence-corrected chi connectivity index (χ3v) is 3.73. The van der Waals surface area contributed by atoms with Crippen LogP contribution in [0.1, 0.15) is 46.5 Å². The summed E-state index contributed by atoms with van der Waals surface area (Å²) in [5.41, 5.74) is 0.243. The number of rotatable bonds is 5. The third-order valence-electron chi connectivity index (χ3n) is 3.73. The Kier molecular flexibility index (Phi) is 3.26. The van der Waals surface area contributed by atoms with Crippen molar-refractivity contribution in [3.8, 4) is 0 Å². The number of hydrogen-bond acceptors (Lipinski definition) is 3. The second kappa shape index (κ2) is 4.57. The summed E-state index contributed by atoms with van der Waals surface area (Å²) >= 11 is 0. The lowest BCUT2D eigenvalue weighted by Crippen LogP contribution is -2.41. The summed E-state index contributed by atoms with van der Waals surface area (Å²) in [5, 5.41) is 8.94. The highest BCUT2D eigenvalue weighted by atomic mass is 16.5. The molecule has 0 spiro atoms. The normalized spacial score (nSPS) is 17.2. The SMILES string of the molecule is COC1(CC(=O)c2cc(C(=O)O)n(C)c2)CCC1. The first-order valence-electron chi connectivity index (χ1n) is 5.95. The van der Waals surface area contributed by atoms with Gasteiger partial charge >= 0.3 is 5.97 Å². The average molecular weight is 251 g/mol. The van der Waals surface area contributed by atoms with Crippen LogP contribution in [-0.4, -0.2) is 34.1 Å². The van der Waals surface area contributed by atoms with Crippen LogP contribution in [0.5, 0.6) is 0 Å². The molecule has 5 heteroatoms. The number of aromatic carboxylic acids is 1. The number of ketones is 1. The van der Waals surface area contributed by atoms with Crippen LogP contribution in [0.15, 0.2) is 12.3 Å². The highest BCUT2D eigenvalue weighted by Crippen LogP contribution is 2.38. The van der Waals surface area contributed by atoms with Gasteiger partial charge in [0.25, 0.3) is 0 Å². The Hall–Kier alpha value is -1.62. The van der Waals surface area contributed by atoms with Crippen molar-refractivity contribution in [1.82, 2.24) is 4.57 Å². The molecule has 18 heavy (non-hydrogen) atoms. The van der Waals surface area contributed by atoms with Gasteiger partial charge in [-0.2, -0.15) is 0 Å². The van der Waals surface area contributed by atoms with E-state index in [9.17, 15) is 9.59 Å². The van der Waals surface area contributed by atoms with E-state index in [4.69, 9.17) is 9.84 Å². The standard InChI is InChI=1S/C13H17NO4/c1-14-8-9(6-10(14)12(16)17)11(15)7-13(18-2)4-3-5-13/h6,8H,3-5,7H2,1-2H3,(H,16,17). The van der Waals surface area contributed by atoms with Crippen LogP contribution in [-0.2, 0) is 11.8 Å². The molecule has 1 saturated carbocycles. The summed E-state index contributed by atoms with van der Waals surface area (Å²) in [4.78, 5) is 23.0. The van der Waals surface area contributed by atoms with Crippen LogP contribution >= 0.6 is 0 Å². The van der Waals surface area contributed by atoms with Crippen molar-refractivity contribution in [2.24, 2.45) is 7.05 Å². The predicted molar refractivity (Wildman–Crippen MR) is 64.9 cm³/mol. The zero-order valence-electron chi connectivity index (χ0n) is 10.6. The summed E-state index contributed by atoms with van der Waals surface area (Å²) in [7, 11) is 3.25. The molecular weight excluding hydrogens is 234 g/mol. The first kappa shape index (κ1) is 12.8. The van der Waals surface area contributed by atoms with Gasteiger partial charge in [0.05, 0.1) is 5.60 Å². The molecule has 1 aromatic heterocycles. The van der Waals surface area contributed by atoms with Gasteiger partial charge in [0.15, 0.2) is 5.78 Å².